The molecule has 0 aliphatic rings. The molecular formula is C17H13BrN2O2. The Morgan fingerprint density at radius 1 is 1.14 bits per heavy atom. The first-order chi connectivity index (χ1) is 10.6. The molecule has 0 radical (unpaired) electrons. The van der Waals surface area contributed by atoms with Gasteiger partial charge in [-0.15, -0.1) is 0 Å². The maximum absolute atomic E-state index is 12.2. The van der Waals surface area contributed by atoms with Gasteiger partial charge in [-0.3, -0.25) is 4.79 Å². The van der Waals surface area contributed by atoms with Crippen LogP contribution >= 0.6 is 15.9 Å². The summed E-state index contributed by atoms with van der Waals surface area (Å²) in [7, 11) is 0. The molecule has 0 spiro atoms. The van der Waals surface area contributed by atoms with E-state index in [1.54, 1.807) is 24.4 Å². The van der Waals surface area contributed by atoms with Gasteiger partial charge in [-0.2, -0.15) is 0 Å². The van der Waals surface area contributed by atoms with Crippen LogP contribution in [0.3, 0.4) is 0 Å². The van der Waals surface area contributed by atoms with E-state index in [1.165, 1.54) is 0 Å². The van der Waals surface area contributed by atoms with Crippen LogP contribution in [0.2, 0.25) is 0 Å². The minimum Gasteiger partial charge on any atom is -0.451 e. The van der Waals surface area contributed by atoms with Crippen molar-refractivity contribution in [2.24, 2.45) is 0 Å². The Kier molecular flexibility index (Phi) is 4.06. The van der Waals surface area contributed by atoms with E-state index >= 15 is 0 Å². The Balaban J connectivity index is 1.78. The van der Waals surface area contributed by atoms with E-state index in [4.69, 9.17) is 4.42 Å². The summed E-state index contributed by atoms with van der Waals surface area (Å²) < 4.78 is 6.61. The van der Waals surface area contributed by atoms with Crippen molar-refractivity contribution in [1.29, 1.82) is 0 Å². The summed E-state index contributed by atoms with van der Waals surface area (Å²) in [5.74, 6) is 1.09. The number of halogens is 1. The van der Waals surface area contributed by atoms with Gasteiger partial charge in [0, 0.05) is 16.2 Å². The maximum atomic E-state index is 12.2. The molecule has 0 fully saturated rings. The second kappa shape index (κ2) is 6.15. The molecule has 3 rings (SSSR count). The number of nitrogens with zero attached hydrogens (tertiary/aromatic N) is 1. The third-order valence-corrected chi connectivity index (χ3v) is 3.64. The molecule has 0 aliphatic heterocycles. The largest absolute Gasteiger partial charge is 0.451 e. The first-order valence-corrected chi connectivity index (χ1v) is 7.51. The molecule has 0 bridgehead atoms. The molecule has 0 saturated carbocycles. The first-order valence-electron chi connectivity index (χ1n) is 6.71. The van der Waals surface area contributed by atoms with E-state index < -0.39 is 0 Å². The van der Waals surface area contributed by atoms with Crippen molar-refractivity contribution in [1.82, 2.24) is 4.98 Å². The fourth-order valence-electron chi connectivity index (χ4n) is 2.01. The fraction of sp³-hybridized carbons (Fsp3) is 0.0588. The van der Waals surface area contributed by atoms with Crippen molar-refractivity contribution in [3.05, 3.63) is 70.5 Å². The Labute approximate surface area is 136 Å². The normalized spacial score (nSPS) is 10.5. The molecule has 0 unspecified atom stereocenters. The second-order valence-corrected chi connectivity index (χ2v) is 5.76. The van der Waals surface area contributed by atoms with Crippen LogP contribution in [0.5, 0.6) is 0 Å². The number of nitrogens with one attached hydrogen (secondary N) is 1. The fourth-order valence-corrected chi connectivity index (χ4v) is 2.28. The summed E-state index contributed by atoms with van der Waals surface area (Å²) in [5.41, 5.74) is 1.94. The van der Waals surface area contributed by atoms with Crippen molar-refractivity contribution in [3.8, 4) is 11.3 Å². The van der Waals surface area contributed by atoms with E-state index in [9.17, 15) is 4.79 Å². The number of anilines is 1. The predicted octanol–water partition coefficient (Wildman–Crippen LogP) is 4.66. The van der Waals surface area contributed by atoms with E-state index in [0.717, 1.165) is 15.6 Å². The Bertz CT molecular complexity index is 810. The SMILES string of the molecule is Cc1ccnc(NC(=O)c2ccc(-c3ccc(Br)cc3)o2)c1. The first kappa shape index (κ1) is 14.5. The molecular weight excluding hydrogens is 344 g/mol. The van der Waals surface area contributed by atoms with Crippen LogP contribution in [0.4, 0.5) is 5.82 Å². The van der Waals surface area contributed by atoms with Crippen LogP contribution in [-0.2, 0) is 0 Å². The molecule has 3 aromatic rings. The molecule has 0 saturated heterocycles. The molecule has 110 valence electrons. The monoisotopic (exact) mass is 356 g/mol. The third-order valence-electron chi connectivity index (χ3n) is 3.12. The average molecular weight is 357 g/mol. The Morgan fingerprint density at radius 3 is 2.64 bits per heavy atom. The smallest absolute Gasteiger partial charge is 0.292 e. The predicted molar refractivity (Wildman–Crippen MR) is 88.8 cm³/mol. The van der Waals surface area contributed by atoms with Gasteiger partial charge in [0.1, 0.15) is 11.6 Å². The number of hydrogen-bond acceptors (Lipinski definition) is 3. The van der Waals surface area contributed by atoms with Crippen LogP contribution in [0.25, 0.3) is 11.3 Å². The van der Waals surface area contributed by atoms with Crippen LogP contribution in [0, 0.1) is 6.92 Å². The van der Waals surface area contributed by atoms with Gasteiger partial charge in [-0.05, 0) is 48.9 Å². The van der Waals surface area contributed by atoms with Gasteiger partial charge in [0.15, 0.2) is 5.76 Å². The summed E-state index contributed by atoms with van der Waals surface area (Å²) in [4.78, 5) is 16.3. The molecule has 2 aromatic heterocycles. The highest BCUT2D eigenvalue weighted by molar-refractivity contribution is 9.10. The number of carbonyl (C=O) groups is 1. The van der Waals surface area contributed by atoms with E-state index in [0.29, 0.717) is 11.6 Å². The zero-order valence-electron chi connectivity index (χ0n) is 11.8. The second-order valence-electron chi connectivity index (χ2n) is 4.84. The number of rotatable bonds is 3. The zero-order valence-corrected chi connectivity index (χ0v) is 13.4. The molecule has 1 amide bonds. The maximum Gasteiger partial charge on any atom is 0.292 e. The number of amides is 1. The number of hydrogen-bond donors (Lipinski definition) is 1. The number of furan rings is 1. The minimum absolute atomic E-state index is 0.251. The Morgan fingerprint density at radius 2 is 1.91 bits per heavy atom. The van der Waals surface area contributed by atoms with Gasteiger partial charge in [-0.25, -0.2) is 4.98 Å². The van der Waals surface area contributed by atoms with Crippen LogP contribution < -0.4 is 5.32 Å². The topological polar surface area (TPSA) is 55.1 Å². The molecule has 0 aliphatic carbocycles. The van der Waals surface area contributed by atoms with Gasteiger partial charge in [-0.1, -0.05) is 28.1 Å². The van der Waals surface area contributed by atoms with Gasteiger partial charge in [0.05, 0.1) is 0 Å². The van der Waals surface area contributed by atoms with Crippen molar-refractivity contribution < 1.29 is 9.21 Å². The number of aromatic nitrogens is 1. The van der Waals surface area contributed by atoms with Crippen molar-refractivity contribution in [2.45, 2.75) is 6.92 Å². The molecule has 5 heteroatoms. The van der Waals surface area contributed by atoms with Gasteiger partial charge in [0.25, 0.3) is 5.91 Å². The van der Waals surface area contributed by atoms with Crippen LogP contribution in [0.1, 0.15) is 16.1 Å². The van der Waals surface area contributed by atoms with E-state index in [1.807, 2.05) is 37.3 Å². The summed E-state index contributed by atoms with van der Waals surface area (Å²) in [5, 5.41) is 2.72. The molecule has 4 nitrogen and oxygen atoms in total. The van der Waals surface area contributed by atoms with Crippen molar-refractivity contribution in [2.75, 3.05) is 5.32 Å². The van der Waals surface area contributed by atoms with E-state index in [-0.39, 0.29) is 11.7 Å². The van der Waals surface area contributed by atoms with Crippen molar-refractivity contribution >= 4 is 27.7 Å². The number of aryl methyl sites for hydroxylation is 1. The van der Waals surface area contributed by atoms with Gasteiger partial charge >= 0.3 is 0 Å². The third kappa shape index (κ3) is 3.26. The van der Waals surface area contributed by atoms with Gasteiger partial charge < -0.3 is 9.73 Å². The zero-order chi connectivity index (χ0) is 15.5. The molecule has 1 N–H and O–H groups in total. The summed E-state index contributed by atoms with van der Waals surface area (Å²) in [6, 6.07) is 14.8. The minimum atomic E-state index is -0.318. The number of pyridine rings is 1. The quantitative estimate of drug-likeness (QED) is 0.741. The van der Waals surface area contributed by atoms with E-state index in [2.05, 4.69) is 26.2 Å². The summed E-state index contributed by atoms with van der Waals surface area (Å²) >= 11 is 3.39. The van der Waals surface area contributed by atoms with Crippen LogP contribution in [-0.4, -0.2) is 10.9 Å². The lowest BCUT2D eigenvalue weighted by molar-refractivity contribution is 0.0997. The highest BCUT2D eigenvalue weighted by atomic mass is 79.9. The average Bonchev–Trinajstić information content (AvgIpc) is 2.98. The summed E-state index contributed by atoms with van der Waals surface area (Å²) in [6.07, 6.45) is 1.65. The number of benzene rings is 1. The number of carbonyl (C=O) groups excluding carboxylic acids is 1. The molecule has 1 aromatic carbocycles. The van der Waals surface area contributed by atoms with Crippen LogP contribution in [0.15, 0.2) is 63.6 Å². The van der Waals surface area contributed by atoms with Crippen molar-refractivity contribution in [3.63, 3.8) is 0 Å². The molecule has 0 atom stereocenters. The lowest BCUT2D eigenvalue weighted by Crippen LogP contribution is -2.11. The lowest BCUT2D eigenvalue weighted by atomic mass is 10.2. The Hall–Kier alpha value is -2.40. The molecule has 22 heavy (non-hydrogen) atoms. The van der Waals surface area contributed by atoms with Gasteiger partial charge in [0.2, 0.25) is 0 Å². The summed E-state index contributed by atoms with van der Waals surface area (Å²) in [6.45, 7) is 1.94. The lowest BCUT2D eigenvalue weighted by Gasteiger charge is -2.03. The highest BCUT2D eigenvalue weighted by Gasteiger charge is 2.13. The highest BCUT2D eigenvalue weighted by Crippen LogP contribution is 2.24. The standard InChI is InChI=1S/C17H13BrN2O2/c1-11-8-9-19-16(10-11)20-17(21)15-7-6-14(22-15)12-2-4-13(18)5-3-12/h2-10H,1H3,(H,19,20,21). The molecule has 2 heterocycles.